The molecule has 0 bridgehead atoms. The van der Waals surface area contributed by atoms with Crippen LogP contribution in [0.25, 0.3) is 0 Å². The van der Waals surface area contributed by atoms with Crippen LogP contribution in [-0.4, -0.2) is 22.0 Å². The lowest BCUT2D eigenvalue weighted by Crippen LogP contribution is -2.22. The maximum atomic E-state index is 12.4. The molecule has 0 saturated heterocycles. The molecule has 2 amide bonds. The number of carbonyl (C=O) groups excluding carboxylic acids is 2. The van der Waals surface area contributed by atoms with Gasteiger partial charge >= 0.3 is 0 Å². The molecule has 2 aromatic heterocycles. The Morgan fingerprint density at radius 3 is 2.50 bits per heavy atom. The fourth-order valence-corrected chi connectivity index (χ4v) is 3.43. The normalized spacial score (nSPS) is 10.5. The standard InChI is InChI=1S/C22H17ClN4O4S/c23-15-5-9-17(10-6-15)31-13-19-26-27-22(32-19)21(29)25-16-7-3-14(4-8-16)20(28)24-12-18-2-1-11-30-18/h1-11H,12-13H2,(H,24,28)(H,25,29). The molecule has 2 heterocycles. The second-order valence-electron chi connectivity index (χ2n) is 6.54. The summed E-state index contributed by atoms with van der Waals surface area (Å²) < 4.78 is 10.8. The van der Waals surface area contributed by atoms with Crippen LogP contribution >= 0.6 is 22.9 Å². The molecule has 0 aliphatic rings. The number of furan rings is 1. The summed E-state index contributed by atoms with van der Waals surface area (Å²) in [6, 6.07) is 17.0. The third-order valence-electron chi connectivity index (χ3n) is 4.25. The van der Waals surface area contributed by atoms with E-state index in [1.54, 1.807) is 66.9 Å². The molecule has 0 unspecified atom stereocenters. The minimum Gasteiger partial charge on any atom is -0.486 e. The molecule has 4 rings (SSSR count). The molecule has 0 spiro atoms. The van der Waals surface area contributed by atoms with Crippen molar-refractivity contribution in [1.82, 2.24) is 15.5 Å². The predicted molar refractivity (Wildman–Crippen MR) is 120 cm³/mol. The number of ether oxygens (including phenoxy) is 1. The van der Waals surface area contributed by atoms with Crippen molar-refractivity contribution in [3.63, 3.8) is 0 Å². The van der Waals surface area contributed by atoms with Gasteiger partial charge in [-0.3, -0.25) is 9.59 Å². The molecule has 8 nitrogen and oxygen atoms in total. The maximum absolute atomic E-state index is 12.4. The number of carbonyl (C=O) groups is 2. The number of hydrogen-bond acceptors (Lipinski definition) is 7. The highest BCUT2D eigenvalue weighted by molar-refractivity contribution is 7.13. The van der Waals surface area contributed by atoms with Crippen molar-refractivity contribution in [2.24, 2.45) is 0 Å². The van der Waals surface area contributed by atoms with E-state index in [4.69, 9.17) is 20.8 Å². The number of nitrogens with zero attached hydrogens (tertiary/aromatic N) is 2. The predicted octanol–water partition coefficient (Wildman–Crippen LogP) is 4.55. The second-order valence-corrected chi connectivity index (χ2v) is 8.04. The van der Waals surface area contributed by atoms with Crippen molar-refractivity contribution >= 4 is 40.4 Å². The lowest BCUT2D eigenvalue weighted by Gasteiger charge is -2.06. The van der Waals surface area contributed by atoms with Crippen LogP contribution in [0.1, 0.15) is 30.9 Å². The Kier molecular flexibility index (Phi) is 6.78. The van der Waals surface area contributed by atoms with Gasteiger partial charge < -0.3 is 19.8 Å². The van der Waals surface area contributed by atoms with E-state index in [-0.39, 0.29) is 17.5 Å². The number of aromatic nitrogens is 2. The Labute approximate surface area is 192 Å². The zero-order valence-electron chi connectivity index (χ0n) is 16.6. The summed E-state index contributed by atoms with van der Waals surface area (Å²) in [5, 5.41) is 14.8. The maximum Gasteiger partial charge on any atom is 0.286 e. The van der Waals surface area contributed by atoms with Crippen molar-refractivity contribution in [1.29, 1.82) is 0 Å². The fraction of sp³-hybridized carbons (Fsp3) is 0.0909. The van der Waals surface area contributed by atoms with E-state index in [2.05, 4.69) is 20.8 Å². The van der Waals surface area contributed by atoms with Crippen LogP contribution < -0.4 is 15.4 Å². The van der Waals surface area contributed by atoms with E-state index in [0.717, 1.165) is 11.3 Å². The van der Waals surface area contributed by atoms with E-state index >= 15 is 0 Å². The minimum absolute atomic E-state index is 0.189. The number of hydrogen-bond donors (Lipinski definition) is 2. The highest BCUT2D eigenvalue weighted by Crippen LogP contribution is 2.19. The number of nitrogens with one attached hydrogen (secondary N) is 2. The Hall–Kier alpha value is -3.69. The van der Waals surface area contributed by atoms with Gasteiger partial charge in [0.25, 0.3) is 11.8 Å². The molecule has 2 aromatic carbocycles. The number of anilines is 1. The van der Waals surface area contributed by atoms with Gasteiger partial charge in [-0.2, -0.15) is 0 Å². The van der Waals surface area contributed by atoms with Gasteiger partial charge in [-0.15, -0.1) is 10.2 Å². The number of benzene rings is 2. The first kappa shape index (κ1) is 21.5. The first-order chi connectivity index (χ1) is 15.6. The highest BCUT2D eigenvalue weighted by Gasteiger charge is 2.14. The summed E-state index contributed by atoms with van der Waals surface area (Å²) in [7, 11) is 0. The SMILES string of the molecule is O=C(NCc1ccco1)c1ccc(NC(=O)c2nnc(COc3ccc(Cl)cc3)s2)cc1. The van der Waals surface area contributed by atoms with E-state index in [1.165, 1.54) is 0 Å². The monoisotopic (exact) mass is 468 g/mol. The first-order valence-electron chi connectivity index (χ1n) is 9.49. The van der Waals surface area contributed by atoms with Crippen LogP contribution in [0.5, 0.6) is 5.75 Å². The molecule has 4 aromatic rings. The Morgan fingerprint density at radius 1 is 1.00 bits per heavy atom. The van der Waals surface area contributed by atoms with Gasteiger partial charge in [0.05, 0.1) is 12.8 Å². The Bertz CT molecular complexity index is 1190. The van der Waals surface area contributed by atoms with Gasteiger partial charge in [-0.25, -0.2) is 0 Å². The summed E-state index contributed by atoms with van der Waals surface area (Å²) in [4.78, 5) is 24.6. The van der Waals surface area contributed by atoms with Gasteiger partial charge in [-0.1, -0.05) is 22.9 Å². The van der Waals surface area contributed by atoms with Crippen molar-refractivity contribution in [3.8, 4) is 5.75 Å². The molecule has 0 fully saturated rings. The van der Waals surface area contributed by atoms with Gasteiger partial charge in [0.1, 0.15) is 18.1 Å². The summed E-state index contributed by atoms with van der Waals surface area (Å²) in [6.07, 6.45) is 1.55. The van der Waals surface area contributed by atoms with Gasteiger partial charge in [0.2, 0.25) is 5.01 Å². The van der Waals surface area contributed by atoms with Crippen LogP contribution in [0.15, 0.2) is 71.3 Å². The lowest BCUT2D eigenvalue weighted by atomic mass is 10.2. The van der Waals surface area contributed by atoms with E-state index in [0.29, 0.717) is 39.3 Å². The van der Waals surface area contributed by atoms with Crippen LogP contribution in [0.2, 0.25) is 5.02 Å². The lowest BCUT2D eigenvalue weighted by molar-refractivity contribution is 0.0947. The fourth-order valence-electron chi connectivity index (χ4n) is 2.65. The zero-order valence-corrected chi connectivity index (χ0v) is 18.2. The molecule has 162 valence electrons. The topological polar surface area (TPSA) is 106 Å². The van der Waals surface area contributed by atoms with Crippen LogP contribution in [0.3, 0.4) is 0 Å². The average molecular weight is 469 g/mol. The average Bonchev–Trinajstić information content (AvgIpc) is 3.50. The van der Waals surface area contributed by atoms with Crippen molar-refractivity contribution < 1.29 is 18.7 Å². The zero-order chi connectivity index (χ0) is 22.3. The molecule has 0 aliphatic carbocycles. The number of halogens is 1. The van der Waals surface area contributed by atoms with Crippen molar-refractivity contribution in [3.05, 3.63) is 93.3 Å². The van der Waals surface area contributed by atoms with Crippen molar-refractivity contribution in [2.75, 3.05) is 5.32 Å². The molecule has 0 saturated carbocycles. The molecule has 32 heavy (non-hydrogen) atoms. The smallest absolute Gasteiger partial charge is 0.286 e. The largest absolute Gasteiger partial charge is 0.486 e. The van der Waals surface area contributed by atoms with Gasteiger partial charge in [0, 0.05) is 16.3 Å². The summed E-state index contributed by atoms with van der Waals surface area (Å²) in [5.41, 5.74) is 0.999. The molecular formula is C22H17ClN4O4S. The van der Waals surface area contributed by atoms with E-state index in [1.807, 2.05) is 0 Å². The van der Waals surface area contributed by atoms with Gasteiger partial charge in [0.15, 0.2) is 5.01 Å². The van der Waals surface area contributed by atoms with Gasteiger partial charge in [-0.05, 0) is 60.7 Å². The van der Waals surface area contributed by atoms with Crippen LogP contribution in [-0.2, 0) is 13.2 Å². The summed E-state index contributed by atoms with van der Waals surface area (Å²) in [6.45, 7) is 0.486. The van der Waals surface area contributed by atoms with Crippen molar-refractivity contribution in [2.45, 2.75) is 13.2 Å². The first-order valence-corrected chi connectivity index (χ1v) is 10.7. The number of rotatable bonds is 8. The quantitative estimate of drug-likeness (QED) is 0.393. The number of amides is 2. The summed E-state index contributed by atoms with van der Waals surface area (Å²) in [5.74, 6) is 0.671. The molecule has 2 N–H and O–H groups in total. The highest BCUT2D eigenvalue weighted by atomic mass is 35.5. The molecule has 0 atom stereocenters. The Morgan fingerprint density at radius 2 is 1.78 bits per heavy atom. The molecule has 0 aliphatic heterocycles. The Balaban J connectivity index is 1.29. The third kappa shape index (κ3) is 5.71. The molecule has 10 heteroatoms. The summed E-state index contributed by atoms with van der Waals surface area (Å²) >= 11 is 6.98. The van der Waals surface area contributed by atoms with E-state index < -0.39 is 5.91 Å². The van der Waals surface area contributed by atoms with Crippen LogP contribution in [0.4, 0.5) is 5.69 Å². The third-order valence-corrected chi connectivity index (χ3v) is 5.39. The van der Waals surface area contributed by atoms with Crippen LogP contribution in [0, 0.1) is 0 Å². The second kappa shape index (κ2) is 10.1. The van der Waals surface area contributed by atoms with E-state index in [9.17, 15) is 9.59 Å². The molecular weight excluding hydrogens is 452 g/mol. The molecule has 0 radical (unpaired) electrons. The minimum atomic E-state index is -0.393.